The summed E-state index contributed by atoms with van der Waals surface area (Å²) in [6, 6.07) is 0. The summed E-state index contributed by atoms with van der Waals surface area (Å²) in [6.45, 7) is 0.436. The minimum atomic E-state index is 0.436. The highest BCUT2D eigenvalue weighted by Crippen LogP contribution is 2.13. The van der Waals surface area contributed by atoms with Crippen molar-refractivity contribution < 1.29 is 0 Å². The Morgan fingerprint density at radius 3 is 3.23 bits per heavy atom. The Morgan fingerprint density at radius 2 is 2.38 bits per heavy atom. The number of rotatable bonds is 2. The van der Waals surface area contributed by atoms with E-state index < -0.39 is 0 Å². The van der Waals surface area contributed by atoms with E-state index in [4.69, 9.17) is 6.42 Å². The number of nitrogens with one attached hydrogen (secondary N) is 2. The van der Waals surface area contributed by atoms with Crippen LogP contribution in [-0.4, -0.2) is 26.5 Å². The second-order valence-electron chi connectivity index (χ2n) is 2.38. The molecule has 2 rings (SSSR count). The standard InChI is InChI=1S/C8H7N5/c1-2-3-9-7-6-8(11-4-10-6)13-5-12-7/h1,4-5H,3H2,(H2,9,10,11,12,13). The molecule has 13 heavy (non-hydrogen) atoms. The normalized spacial score (nSPS) is 9.77. The van der Waals surface area contributed by atoms with E-state index in [2.05, 4.69) is 31.2 Å². The fourth-order valence-electron chi connectivity index (χ4n) is 1.03. The molecule has 5 nitrogen and oxygen atoms in total. The third-order valence-electron chi connectivity index (χ3n) is 1.58. The van der Waals surface area contributed by atoms with Gasteiger partial charge in [-0.3, -0.25) is 0 Å². The van der Waals surface area contributed by atoms with Crippen LogP contribution in [0.1, 0.15) is 0 Å². The topological polar surface area (TPSA) is 66.5 Å². The zero-order valence-electron chi connectivity index (χ0n) is 6.78. The van der Waals surface area contributed by atoms with Crippen molar-refractivity contribution in [1.82, 2.24) is 19.9 Å². The molecule has 0 aliphatic rings. The van der Waals surface area contributed by atoms with Crippen LogP contribution in [0.4, 0.5) is 5.82 Å². The fraction of sp³-hybridized carbons (Fsp3) is 0.125. The van der Waals surface area contributed by atoms with Gasteiger partial charge in [-0.2, -0.15) is 0 Å². The molecule has 0 aromatic carbocycles. The van der Waals surface area contributed by atoms with Crippen molar-refractivity contribution in [3.8, 4) is 12.3 Å². The van der Waals surface area contributed by atoms with Gasteiger partial charge in [0.25, 0.3) is 0 Å². The number of aromatic nitrogens is 4. The van der Waals surface area contributed by atoms with Gasteiger partial charge in [0.05, 0.1) is 12.9 Å². The zero-order valence-corrected chi connectivity index (χ0v) is 6.78. The quantitative estimate of drug-likeness (QED) is 0.645. The van der Waals surface area contributed by atoms with E-state index in [0.29, 0.717) is 18.0 Å². The molecule has 64 valence electrons. The molecule has 0 aliphatic carbocycles. The molecule has 0 unspecified atom stereocenters. The first-order chi connectivity index (χ1) is 6.42. The van der Waals surface area contributed by atoms with Crippen molar-refractivity contribution in [2.75, 3.05) is 11.9 Å². The summed E-state index contributed by atoms with van der Waals surface area (Å²) in [6.07, 6.45) is 8.13. The molecule has 2 heterocycles. The fourth-order valence-corrected chi connectivity index (χ4v) is 1.03. The molecule has 0 radical (unpaired) electrons. The molecular weight excluding hydrogens is 166 g/mol. The van der Waals surface area contributed by atoms with E-state index in [9.17, 15) is 0 Å². The van der Waals surface area contributed by atoms with E-state index in [1.807, 2.05) is 0 Å². The van der Waals surface area contributed by atoms with Gasteiger partial charge in [-0.25, -0.2) is 15.0 Å². The SMILES string of the molecule is C#CCNc1ncnc2nc[nH]c12. The highest BCUT2D eigenvalue weighted by Gasteiger charge is 2.03. The predicted molar refractivity (Wildman–Crippen MR) is 49.0 cm³/mol. The molecule has 2 N–H and O–H groups in total. The van der Waals surface area contributed by atoms with Gasteiger partial charge in [-0.1, -0.05) is 5.92 Å². The average molecular weight is 173 g/mol. The largest absolute Gasteiger partial charge is 0.357 e. The number of nitrogens with zero attached hydrogens (tertiary/aromatic N) is 3. The maximum Gasteiger partial charge on any atom is 0.182 e. The Bertz CT molecular complexity index is 453. The Morgan fingerprint density at radius 1 is 1.46 bits per heavy atom. The number of hydrogen-bond acceptors (Lipinski definition) is 4. The Kier molecular flexibility index (Phi) is 1.81. The Balaban J connectivity index is 2.44. The van der Waals surface area contributed by atoms with Crippen LogP contribution < -0.4 is 5.32 Å². The molecule has 0 bridgehead atoms. The predicted octanol–water partition coefficient (Wildman–Crippen LogP) is 0.398. The average Bonchev–Trinajstić information content (AvgIpc) is 2.62. The minimum Gasteiger partial charge on any atom is -0.357 e. The second kappa shape index (κ2) is 3.11. The second-order valence-corrected chi connectivity index (χ2v) is 2.38. The van der Waals surface area contributed by atoms with Gasteiger partial charge in [0.15, 0.2) is 11.5 Å². The van der Waals surface area contributed by atoms with E-state index >= 15 is 0 Å². The molecule has 0 saturated carbocycles. The maximum atomic E-state index is 5.11. The number of fused-ring (bicyclic) bond motifs is 1. The molecule has 2 aromatic rings. The van der Waals surface area contributed by atoms with Crippen molar-refractivity contribution in [2.24, 2.45) is 0 Å². The number of hydrogen-bond donors (Lipinski definition) is 2. The molecule has 0 amide bonds. The van der Waals surface area contributed by atoms with Crippen molar-refractivity contribution in [1.29, 1.82) is 0 Å². The molecule has 5 heteroatoms. The van der Waals surface area contributed by atoms with Crippen LogP contribution in [0.15, 0.2) is 12.7 Å². The summed E-state index contributed by atoms with van der Waals surface area (Å²) in [5.74, 6) is 3.15. The number of aromatic amines is 1. The molecule has 0 aliphatic heterocycles. The van der Waals surface area contributed by atoms with Crippen molar-refractivity contribution in [2.45, 2.75) is 0 Å². The third kappa shape index (κ3) is 1.29. The first-order valence-corrected chi connectivity index (χ1v) is 3.73. The van der Waals surface area contributed by atoms with Crippen LogP contribution in [0, 0.1) is 12.3 Å². The lowest BCUT2D eigenvalue weighted by atomic mass is 10.5. The van der Waals surface area contributed by atoms with Crippen LogP contribution in [0.5, 0.6) is 0 Å². The molecule has 0 atom stereocenters. The van der Waals surface area contributed by atoms with Crippen LogP contribution in [0.25, 0.3) is 11.2 Å². The lowest BCUT2D eigenvalue weighted by molar-refractivity contribution is 1.17. The number of imidazole rings is 1. The van der Waals surface area contributed by atoms with Crippen LogP contribution in [-0.2, 0) is 0 Å². The van der Waals surface area contributed by atoms with Crippen LogP contribution >= 0.6 is 0 Å². The lowest BCUT2D eigenvalue weighted by Gasteiger charge is -2.00. The van der Waals surface area contributed by atoms with Crippen molar-refractivity contribution in [3.05, 3.63) is 12.7 Å². The van der Waals surface area contributed by atoms with Gasteiger partial charge in [0.2, 0.25) is 0 Å². The van der Waals surface area contributed by atoms with E-state index in [1.165, 1.54) is 6.33 Å². The highest BCUT2D eigenvalue weighted by molar-refractivity contribution is 5.81. The summed E-state index contributed by atoms with van der Waals surface area (Å²) >= 11 is 0. The maximum absolute atomic E-state index is 5.11. The van der Waals surface area contributed by atoms with Gasteiger partial charge in [-0.05, 0) is 0 Å². The van der Waals surface area contributed by atoms with Crippen molar-refractivity contribution in [3.63, 3.8) is 0 Å². The van der Waals surface area contributed by atoms with Gasteiger partial charge in [0.1, 0.15) is 11.8 Å². The Hall–Kier alpha value is -2.09. The number of terminal acetylenes is 1. The monoisotopic (exact) mass is 173 g/mol. The first-order valence-electron chi connectivity index (χ1n) is 3.73. The molecule has 0 spiro atoms. The molecule has 0 fully saturated rings. The van der Waals surface area contributed by atoms with Gasteiger partial charge in [-0.15, -0.1) is 6.42 Å². The Labute approximate surface area is 74.6 Å². The van der Waals surface area contributed by atoms with Crippen LogP contribution in [0.2, 0.25) is 0 Å². The zero-order chi connectivity index (χ0) is 9.10. The summed E-state index contributed by atoms with van der Waals surface area (Å²) in [4.78, 5) is 14.9. The molecular formula is C8H7N5. The number of anilines is 1. The lowest BCUT2D eigenvalue weighted by Crippen LogP contribution is -2.01. The summed E-state index contributed by atoms with van der Waals surface area (Å²) in [7, 11) is 0. The first kappa shape index (κ1) is 7.55. The van der Waals surface area contributed by atoms with Crippen LogP contribution in [0.3, 0.4) is 0 Å². The van der Waals surface area contributed by atoms with Gasteiger partial charge in [0, 0.05) is 0 Å². The molecule has 2 aromatic heterocycles. The van der Waals surface area contributed by atoms with Crippen molar-refractivity contribution >= 4 is 17.0 Å². The van der Waals surface area contributed by atoms with E-state index in [-0.39, 0.29) is 0 Å². The number of H-pyrrole nitrogens is 1. The van der Waals surface area contributed by atoms with E-state index in [1.54, 1.807) is 6.33 Å². The summed E-state index contributed by atoms with van der Waals surface area (Å²) in [5.41, 5.74) is 1.41. The van der Waals surface area contributed by atoms with Gasteiger partial charge >= 0.3 is 0 Å². The van der Waals surface area contributed by atoms with Gasteiger partial charge < -0.3 is 10.3 Å². The third-order valence-corrected chi connectivity index (χ3v) is 1.58. The minimum absolute atomic E-state index is 0.436. The highest BCUT2D eigenvalue weighted by atomic mass is 15.1. The smallest absolute Gasteiger partial charge is 0.182 e. The summed E-state index contributed by atoms with van der Waals surface area (Å²) < 4.78 is 0. The molecule has 0 saturated heterocycles. The van der Waals surface area contributed by atoms with E-state index in [0.717, 1.165) is 5.52 Å². The summed E-state index contributed by atoms with van der Waals surface area (Å²) in [5, 5.41) is 2.96.